The first-order valence-electron chi connectivity index (χ1n) is 9.96. The zero-order valence-electron chi connectivity index (χ0n) is 18.3. The van der Waals surface area contributed by atoms with Gasteiger partial charge in [0.15, 0.2) is 17.1 Å². The highest BCUT2D eigenvalue weighted by Gasteiger charge is 2.18. The predicted octanol–water partition coefficient (Wildman–Crippen LogP) is 3.85. The number of hydrogen-bond acceptors (Lipinski definition) is 7. The largest absolute Gasteiger partial charge is 0.493 e. The zero-order chi connectivity index (χ0) is 23.4. The number of fused-ring (bicyclic) bond motifs is 1. The summed E-state index contributed by atoms with van der Waals surface area (Å²) in [7, 11) is 4.54. The van der Waals surface area contributed by atoms with Crippen LogP contribution in [0.2, 0.25) is 0 Å². The van der Waals surface area contributed by atoms with Crippen LogP contribution in [-0.4, -0.2) is 35.9 Å². The Labute approximate surface area is 189 Å². The van der Waals surface area contributed by atoms with Crippen LogP contribution < -0.4 is 19.8 Å². The first-order valence-corrected chi connectivity index (χ1v) is 9.96. The smallest absolute Gasteiger partial charge is 0.267 e. The monoisotopic (exact) mass is 440 g/mol. The van der Waals surface area contributed by atoms with Gasteiger partial charge in [0.05, 0.1) is 44.0 Å². The van der Waals surface area contributed by atoms with Crippen LogP contribution in [0.5, 0.6) is 17.2 Å². The van der Waals surface area contributed by atoms with Gasteiger partial charge in [-0.25, -0.2) is 9.97 Å². The standard InChI is InChI=1S/C25H20N4O4/c1-31-20-13-18(14-21(32-2)23(20)33-3)29-22(11-10-16-6-8-17(15-26)9-7-16)28-24-19(25(29)30)5-4-12-27-24/h4-14H,1-3H3/b11-10+. The lowest BCUT2D eigenvalue weighted by molar-refractivity contribution is 0.324. The van der Waals surface area contributed by atoms with E-state index in [1.54, 1.807) is 48.7 Å². The topological polar surface area (TPSA) is 99.3 Å². The molecule has 2 aromatic heterocycles. The Morgan fingerprint density at radius 3 is 2.27 bits per heavy atom. The molecule has 0 bridgehead atoms. The predicted molar refractivity (Wildman–Crippen MR) is 125 cm³/mol. The van der Waals surface area contributed by atoms with E-state index in [0.29, 0.717) is 45.4 Å². The fourth-order valence-corrected chi connectivity index (χ4v) is 3.43. The van der Waals surface area contributed by atoms with Gasteiger partial charge in [0, 0.05) is 18.3 Å². The van der Waals surface area contributed by atoms with Crippen molar-refractivity contribution in [2.24, 2.45) is 0 Å². The van der Waals surface area contributed by atoms with Crippen molar-refractivity contribution in [1.29, 1.82) is 5.26 Å². The van der Waals surface area contributed by atoms with Gasteiger partial charge in [0.25, 0.3) is 5.56 Å². The normalized spacial score (nSPS) is 10.8. The van der Waals surface area contributed by atoms with Crippen LogP contribution in [0, 0.1) is 11.3 Å². The van der Waals surface area contributed by atoms with Crippen molar-refractivity contribution < 1.29 is 14.2 Å². The molecule has 0 aliphatic rings. The summed E-state index contributed by atoms with van der Waals surface area (Å²) in [5, 5.41) is 9.38. The molecule has 0 fully saturated rings. The minimum Gasteiger partial charge on any atom is -0.493 e. The molecule has 0 atom stereocenters. The van der Waals surface area contributed by atoms with Gasteiger partial charge in [-0.1, -0.05) is 18.2 Å². The maximum atomic E-state index is 13.5. The van der Waals surface area contributed by atoms with Gasteiger partial charge < -0.3 is 14.2 Å². The van der Waals surface area contributed by atoms with Crippen molar-refractivity contribution in [2.45, 2.75) is 0 Å². The molecule has 0 saturated carbocycles. The Hall–Kier alpha value is -4.64. The fraction of sp³-hybridized carbons (Fsp3) is 0.120. The molecule has 8 heteroatoms. The number of aromatic nitrogens is 3. The third kappa shape index (κ3) is 4.12. The quantitative estimate of drug-likeness (QED) is 0.449. The van der Waals surface area contributed by atoms with Gasteiger partial charge in [0.2, 0.25) is 5.75 Å². The van der Waals surface area contributed by atoms with Crippen molar-refractivity contribution in [2.75, 3.05) is 21.3 Å². The van der Waals surface area contributed by atoms with Gasteiger partial charge in [-0.2, -0.15) is 5.26 Å². The molecule has 2 heterocycles. The number of nitriles is 1. The summed E-state index contributed by atoms with van der Waals surface area (Å²) in [5.41, 5.74) is 1.95. The second kappa shape index (κ2) is 9.24. The Balaban J connectivity index is 1.95. The molecule has 2 aromatic carbocycles. The molecule has 164 valence electrons. The van der Waals surface area contributed by atoms with Gasteiger partial charge in [0.1, 0.15) is 5.82 Å². The molecule has 0 N–H and O–H groups in total. The number of methoxy groups -OCH3 is 3. The van der Waals surface area contributed by atoms with Crippen LogP contribution >= 0.6 is 0 Å². The lowest BCUT2D eigenvalue weighted by Gasteiger charge is -2.16. The Kier molecular flexibility index (Phi) is 6.04. The van der Waals surface area contributed by atoms with Crippen molar-refractivity contribution in [3.05, 3.63) is 82.0 Å². The van der Waals surface area contributed by atoms with E-state index in [1.165, 1.54) is 25.9 Å². The van der Waals surface area contributed by atoms with Gasteiger partial charge in [-0.15, -0.1) is 0 Å². The third-order valence-corrected chi connectivity index (χ3v) is 5.04. The SMILES string of the molecule is COc1cc(-n2c(/C=C/c3ccc(C#N)cc3)nc3ncccc3c2=O)cc(OC)c1OC. The van der Waals surface area contributed by atoms with Crippen LogP contribution in [0.15, 0.2) is 59.5 Å². The second-order valence-corrected chi connectivity index (χ2v) is 6.94. The molecule has 0 spiro atoms. The highest BCUT2D eigenvalue weighted by Crippen LogP contribution is 2.39. The van der Waals surface area contributed by atoms with E-state index in [9.17, 15) is 4.79 Å². The number of hydrogen-bond donors (Lipinski definition) is 0. The summed E-state index contributed by atoms with van der Waals surface area (Å²) in [5.74, 6) is 1.60. The third-order valence-electron chi connectivity index (χ3n) is 5.04. The molecule has 0 amide bonds. The Morgan fingerprint density at radius 1 is 0.970 bits per heavy atom. The maximum Gasteiger partial charge on any atom is 0.267 e. The number of rotatable bonds is 6. The van der Waals surface area contributed by atoms with E-state index in [0.717, 1.165) is 5.56 Å². The number of nitrogens with zero attached hydrogens (tertiary/aromatic N) is 4. The first kappa shape index (κ1) is 21.6. The van der Waals surface area contributed by atoms with E-state index < -0.39 is 0 Å². The molecule has 8 nitrogen and oxygen atoms in total. The minimum absolute atomic E-state index is 0.290. The molecule has 33 heavy (non-hydrogen) atoms. The minimum atomic E-state index is -0.290. The molecule has 4 rings (SSSR count). The van der Waals surface area contributed by atoms with Crippen LogP contribution in [-0.2, 0) is 0 Å². The summed E-state index contributed by atoms with van der Waals surface area (Å²) in [6.07, 6.45) is 5.12. The molecule has 0 unspecified atom stereocenters. The summed E-state index contributed by atoms with van der Waals surface area (Å²) in [6, 6.07) is 15.9. The van der Waals surface area contributed by atoms with Crippen molar-refractivity contribution in [3.8, 4) is 29.0 Å². The first-order chi connectivity index (χ1) is 16.1. The molecular formula is C25H20N4O4. The van der Waals surface area contributed by atoms with E-state index in [-0.39, 0.29) is 5.56 Å². The molecule has 0 radical (unpaired) electrons. The molecule has 0 aliphatic heterocycles. The summed E-state index contributed by atoms with van der Waals surface area (Å²) >= 11 is 0. The maximum absolute atomic E-state index is 13.5. The highest BCUT2D eigenvalue weighted by atomic mass is 16.5. The van der Waals surface area contributed by atoms with E-state index in [2.05, 4.69) is 16.0 Å². The summed E-state index contributed by atoms with van der Waals surface area (Å²) in [6.45, 7) is 0. The van der Waals surface area contributed by atoms with Crippen LogP contribution in [0.25, 0.3) is 28.9 Å². The Bertz CT molecular complexity index is 1430. The van der Waals surface area contributed by atoms with E-state index in [4.69, 9.17) is 19.5 Å². The lowest BCUT2D eigenvalue weighted by atomic mass is 10.1. The van der Waals surface area contributed by atoms with Crippen molar-refractivity contribution in [3.63, 3.8) is 0 Å². The average molecular weight is 440 g/mol. The molecule has 0 saturated heterocycles. The van der Waals surface area contributed by atoms with Crippen LogP contribution in [0.3, 0.4) is 0 Å². The second-order valence-electron chi connectivity index (χ2n) is 6.94. The molecular weight excluding hydrogens is 420 g/mol. The van der Waals surface area contributed by atoms with Crippen LogP contribution in [0.1, 0.15) is 17.0 Å². The lowest BCUT2D eigenvalue weighted by Crippen LogP contribution is -2.23. The van der Waals surface area contributed by atoms with Crippen molar-refractivity contribution in [1.82, 2.24) is 14.5 Å². The average Bonchev–Trinajstić information content (AvgIpc) is 2.87. The Morgan fingerprint density at radius 2 is 1.67 bits per heavy atom. The van der Waals surface area contributed by atoms with Crippen molar-refractivity contribution >= 4 is 23.2 Å². The summed E-state index contributed by atoms with van der Waals surface area (Å²) < 4.78 is 17.8. The molecule has 0 aliphatic carbocycles. The van der Waals surface area contributed by atoms with E-state index >= 15 is 0 Å². The number of pyridine rings is 1. The highest BCUT2D eigenvalue weighted by molar-refractivity contribution is 5.77. The van der Waals surface area contributed by atoms with Gasteiger partial charge in [-0.05, 0) is 35.9 Å². The van der Waals surface area contributed by atoms with Crippen LogP contribution in [0.4, 0.5) is 0 Å². The van der Waals surface area contributed by atoms with Gasteiger partial charge >= 0.3 is 0 Å². The zero-order valence-corrected chi connectivity index (χ0v) is 18.3. The fourth-order valence-electron chi connectivity index (χ4n) is 3.43. The van der Waals surface area contributed by atoms with E-state index in [1.807, 2.05) is 18.2 Å². The number of benzene rings is 2. The van der Waals surface area contributed by atoms with Gasteiger partial charge in [-0.3, -0.25) is 9.36 Å². The summed E-state index contributed by atoms with van der Waals surface area (Å²) in [4.78, 5) is 22.4. The number of ether oxygens (including phenoxy) is 3. The molecule has 4 aromatic rings.